The fourth-order valence-corrected chi connectivity index (χ4v) is 1.34. The topological polar surface area (TPSA) is 123 Å². The van der Waals surface area contributed by atoms with Crippen LogP contribution < -0.4 is 0 Å². The van der Waals surface area contributed by atoms with Gasteiger partial charge < -0.3 is 14.7 Å². The smallest absolute Gasteiger partial charge is 0.302 e. The molecule has 0 fully saturated rings. The van der Waals surface area contributed by atoms with Gasteiger partial charge >= 0.3 is 15.6 Å². The van der Waals surface area contributed by atoms with Gasteiger partial charge in [0.25, 0.3) is 0 Å². The zero-order valence-corrected chi connectivity index (χ0v) is 8.29. The van der Waals surface area contributed by atoms with E-state index >= 15 is 0 Å². The highest BCUT2D eigenvalue weighted by Crippen LogP contribution is 2.50. The molecule has 0 aliphatic heterocycles. The summed E-state index contributed by atoms with van der Waals surface area (Å²) >= 11 is -0.310. The van der Waals surface area contributed by atoms with Gasteiger partial charge in [0.15, 0.2) is 12.3 Å². The summed E-state index contributed by atoms with van der Waals surface area (Å²) in [5.74, 6) is 0. The van der Waals surface area contributed by atoms with Gasteiger partial charge in [-0.2, -0.15) is 7.94 Å². The van der Waals surface area contributed by atoms with Crippen LogP contribution in [0.1, 0.15) is 0 Å². The van der Waals surface area contributed by atoms with E-state index in [9.17, 15) is 9.13 Å². The molecule has 11 heteroatoms. The number of hydrogen-bond acceptors (Lipinski definition) is 6. The molecule has 0 rings (SSSR count). The lowest BCUT2D eigenvalue weighted by molar-refractivity contribution is 0.245. The lowest BCUT2D eigenvalue weighted by Gasteiger charge is -2.06. The molecule has 0 aromatic carbocycles. The Morgan fingerprint density at radius 1 is 1.17 bits per heavy atom. The summed E-state index contributed by atoms with van der Waals surface area (Å²) in [6.07, 6.45) is 0. The molecule has 0 heterocycles. The molecule has 12 heavy (non-hydrogen) atoms. The maximum absolute atomic E-state index is 10.4. The Morgan fingerprint density at radius 3 is 2.00 bits per heavy atom. The molecule has 0 amide bonds. The van der Waals surface area contributed by atoms with Crippen LogP contribution in [0.25, 0.3) is 0 Å². The van der Waals surface area contributed by atoms with E-state index in [0.717, 1.165) is 7.11 Å². The minimum atomic E-state index is -4.71. The van der Waals surface area contributed by atoms with E-state index < -0.39 is 15.6 Å². The van der Waals surface area contributed by atoms with Gasteiger partial charge in [-0.1, -0.05) is 0 Å². The van der Waals surface area contributed by atoms with E-state index in [1.54, 1.807) is 0 Å². The molecule has 0 spiro atoms. The Labute approximate surface area is 72.1 Å². The summed E-state index contributed by atoms with van der Waals surface area (Å²) in [7, 11) is -8.09. The second-order valence-electron chi connectivity index (χ2n) is 1.36. The fourth-order valence-electron chi connectivity index (χ4n) is 0.122. The molecule has 0 aromatic heterocycles. The predicted octanol–water partition coefficient (Wildman–Crippen LogP) is 0.422. The van der Waals surface area contributed by atoms with Gasteiger partial charge in [0, 0.05) is 7.11 Å². The third-order valence-corrected chi connectivity index (χ3v) is 2.96. The minimum absolute atomic E-state index is 0.310. The molecule has 1 unspecified atom stereocenters. The largest absolute Gasteiger partial charge is 0.485 e. The predicted molar refractivity (Wildman–Crippen MR) is 38.6 cm³/mol. The third kappa shape index (κ3) is 7.23. The fraction of sp³-hybridized carbons (Fsp3) is 1.00. The van der Waals surface area contributed by atoms with E-state index in [2.05, 4.69) is 12.5 Å². The molecule has 0 saturated heterocycles. The summed E-state index contributed by atoms with van der Waals surface area (Å²) < 4.78 is 31.7. The van der Waals surface area contributed by atoms with E-state index in [1.165, 1.54) is 0 Å². The van der Waals surface area contributed by atoms with E-state index in [1.807, 2.05) is 0 Å². The van der Waals surface area contributed by atoms with Crippen molar-refractivity contribution in [1.82, 2.24) is 0 Å². The van der Waals surface area contributed by atoms with Crippen LogP contribution in [-0.2, 0) is 21.6 Å². The number of phosphoric acid groups is 2. The zero-order valence-electron chi connectivity index (χ0n) is 5.69. The molecule has 74 valence electrons. The molecule has 0 aromatic rings. The Bertz CT molecular complexity index is 219. The maximum Gasteiger partial charge on any atom is 0.485 e. The van der Waals surface area contributed by atoms with Gasteiger partial charge in [0.05, 0.1) is 0 Å². The number of hydrogen-bond donors (Lipinski definition) is 3. The summed E-state index contributed by atoms with van der Waals surface area (Å²) in [5, 5.41) is 0. The van der Waals surface area contributed by atoms with Gasteiger partial charge in [-0.3, -0.25) is 4.52 Å². The van der Waals surface area contributed by atoms with Crippen LogP contribution in [0, 0.1) is 0 Å². The standard InChI is InChI=1S/CH6O8P2S/c1-7-11(5,6)9-12-8-10(2,3)4/h1H3,(H,5,6)(H2,2,3,4). The van der Waals surface area contributed by atoms with Gasteiger partial charge in [-0.05, 0) is 0 Å². The first-order valence-electron chi connectivity index (χ1n) is 2.25. The average Bonchev–Trinajstić information content (AvgIpc) is 1.84. The van der Waals surface area contributed by atoms with Crippen molar-refractivity contribution in [2.24, 2.45) is 0 Å². The highest BCUT2D eigenvalue weighted by molar-refractivity contribution is 7.96. The second kappa shape index (κ2) is 4.71. The Kier molecular flexibility index (Phi) is 4.93. The highest BCUT2D eigenvalue weighted by Gasteiger charge is 2.23. The van der Waals surface area contributed by atoms with Crippen LogP contribution in [-0.4, -0.2) is 21.8 Å². The quantitative estimate of drug-likeness (QED) is 0.463. The Balaban J connectivity index is 3.72. The van der Waals surface area contributed by atoms with Crippen molar-refractivity contribution in [3.8, 4) is 0 Å². The molecular formula is CH6O8P2S. The first kappa shape index (κ1) is 12.6. The Hall–Kier alpha value is 0.570. The van der Waals surface area contributed by atoms with Gasteiger partial charge in [-0.15, -0.1) is 0 Å². The van der Waals surface area contributed by atoms with Crippen LogP contribution in [0.2, 0.25) is 0 Å². The molecular weight excluding hydrogens is 234 g/mol. The van der Waals surface area contributed by atoms with Crippen molar-refractivity contribution in [2.75, 3.05) is 7.11 Å². The second-order valence-corrected chi connectivity index (χ2v) is 4.97. The molecule has 0 radical (unpaired) electrons. The third-order valence-electron chi connectivity index (χ3n) is 0.483. The first-order valence-corrected chi connectivity index (χ1v) is 5.95. The Morgan fingerprint density at radius 2 is 1.67 bits per heavy atom. The first-order chi connectivity index (χ1) is 5.27. The normalized spacial score (nSPS) is 17.3. The summed E-state index contributed by atoms with van der Waals surface area (Å²) in [4.78, 5) is 24.6. The summed E-state index contributed by atoms with van der Waals surface area (Å²) in [5.41, 5.74) is 0. The molecule has 8 nitrogen and oxygen atoms in total. The van der Waals surface area contributed by atoms with Crippen molar-refractivity contribution >= 4 is 28.0 Å². The highest BCUT2D eigenvalue weighted by atomic mass is 32.2. The zero-order chi connectivity index (χ0) is 9.83. The van der Waals surface area contributed by atoms with Crippen molar-refractivity contribution in [2.45, 2.75) is 0 Å². The van der Waals surface area contributed by atoms with Crippen LogP contribution in [0.5, 0.6) is 0 Å². The van der Waals surface area contributed by atoms with Crippen LogP contribution in [0.4, 0.5) is 0 Å². The number of phosphoric ester groups is 1. The lowest BCUT2D eigenvalue weighted by Crippen LogP contribution is -1.85. The van der Waals surface area contributed by atoms with Gasteiger partial charge in [-0.25, -0.2) is 9.13 Å². The van der Waals surface area contributed by atoms with E-state index in [-0.39, 0.29) is 12.3 Å². The van der Waals surface area contributed by atoms with E-state index in [0.29, 0.717) is 0 Å². The van der Waals surface area contributed by atoms with Crippen molar-refractivity contribution < 1.29 is 36.3 Å². The summed E-state index contributed by atoms with van der Waals surface area (Å²) in [6, 6.07) is 0. The monoisotopic (exact) mass is 240 g/mol. The molecule has 0 aliphatic rings. The summed E-state index contributed by atoms with van der Waals surface area (Å²) in [6.45, 7) is 0. The molecule has 0 saturated carbocycles. The van der Waals surface area contributed by atoms with Gasteiger partial charge in [0.1, 0.15) is 0 Å². The van der Waals surface area contributed by atoms with Crippen LogP contribution in [0.3, 0.4) is 0 Å². The van der Waals surface area contributed by atoms with Gasteiger partial charge in [0.2, 0.25) is 0 Å². The maximum atomic E-state index is 10.4. The molecule has 0 bridgehead atoms. The lowest BCUT2D eigenvalue weighted by atomic mass is 11.8. The van der Waals surface area contributed by atoms with Crippen molar-refractivity contribution in [3.63, 3.8) is 0 Å². The van der Waals surface area contributed by atoms with Crippen molar-refractivity contribution in [3.05, 3.63) is 0 Å². The number of rotatable bonds is 5. The van der Waals surface area contributed by atoms with Crippen LogP contribution >= 0.6 is 28.0 Å². The molecule has 0 aliphatic carbocycles. The molecule has 3 N–H and O–H groups in total. The molecule has 1 atom stereocenters. The van der Waals surface area contributed by atoms with Crippen LogP contribution in [0.15, 0.2) is 0 Å². The minimum Gasteiger partial charge on any atom is -0.302 e. The van der Waals surface area contributed by atoms with Crippen molar-refractivity contribution in [1.29, 1.82) is 0 Å². The van der Waals surface area contributed by atoms with E-state index in [4.69, 9.17) is 14.7 Å². The SMILES string of the molecule is COP(=O)(O)OSOP(=O)(O)O. The average molecular weight is 240 g/mol.